The maximum Gasteiger partial charge on any atom is 0.287 e. The number of para-hydroxylation sites is 1. The molecule has 2 aromatic rings. The highest BCUT2D eigenvalue weighted by Gasteiger charge is 2.23. The number of anilines is 1. The fraction of sp³-hybridized carbons (Fsp3) is 0.389. The van der Waals surface area contributed by atoms with Crippen LogP contribution in [0, 0.1) is 23.0 Å². The molecule has 1 fully saturated rings. The summed E-state index contributed by atoms with van der Waals surface area (Å²) >= 11 is 0. The summed E-state index contributed by atoms with van der Waals surface area (Å²) < 4.78 is 5.87. The fourth-order valence-electron chi connectivity index (χ4n) is 3.11. The number of benzene rings is 1. The molecular formula is C18H21N3O3. The second-order valence-electron chi connectivity index (χ2n) is 6.17. The van der Waals surface area contributed by atoms with Crippen LogP contribution >= 0.6 is 0 Å². The van der Waals surface area contributed by atoms with Crippen LogP contribution in [0.1, 0.15) is 18.4 Å². The Hall–Kier alpha value is -2.63. The van der Waals surface area contributed by atoms with Crippen LogP contribution in [0.15, 0.2) is 42.6 Å². The third kappa shape index (κ3) is 3.82. The molecule has 0 N–H and O–H groups in total. The largest absolute Gasteiger partial charge is 0.493 e. The van der Waals surface area contributed by atoms with Crippen molar-refractivity contribution < 1.29 is 9.66 Å². The summed E-state index contributed by atoms with van der Waals surface area (Å²) in [6.07, 6.45) is 3.53. The molecule has 0 spiro atoms. The van der Waals surface area contributed by atoms with Crippen LogP contribution in [0.5, 0.6) is 5.75 Å². The number of aromatic nitrogens is 1. The number of piperidine rings is 1. The maximum atomic E-state index is 10.8. The minimum atomic E-state index is -0.406. The van der Waals surface area contributed by atoms with E-state index in [0.29, 0.717) is 12.5 Å². The van der Waals surface area contributed by atoms with Crippen LogP contribution < -0.4 is 9.64 Å². The van der Waals surface area contributed by atoms with Gasteiger partial charge in [-0.15, -0.1) is 0 Å². The standard InChI is InChI=1S/C18H21N3O3/c1-14-10-16(21(22)23)11-19-18(14)20-9-5-6-15(12-20)13-24-17-7-3-2-4-8-17/h2-4,7-8,10-11,15H,5-6,9,12-13H2,1H3. The molecular weight excluding hydrogens is 306 g/mol. The second kappa shape index (κ2) is 7.29. The van der Waals surface area contributed by atoms with Gasteiger partial charge in [0.2, 0.25) is 0 Å². The Labute approximate surface area is 141 Å². The SMILES string of the molecule is Cc1cc([N+](=O)[O-])cnc1N1CCCC(COc2ccccc2)C1. The zero-order valence-corrected chi connectivity index (χ0v) is 13.7. The summed E-state index contributed by atoms with van der Waals surface area (Å²) in [5.74, 6) is 2.15. The topological polar surface area (TPSA) is 68.5 Å². The van der Waals surface area contributed by atoms with Crippen LogP contribution in [0.2, 0.25) is 0 Å². The molecule has 2 heterocycles. The number of nitro groups is 1. The number of nitrogens with zero attached hydrogens (tertiary/aromatic N) is 3. The molecule has 0 radical (unpaired) electrons. The Morgan fingerprint density at radius 2 is 2.17 bits per heavy atom. The minimum absolute atomic E-state index is 0.0391. The van der Waals surface area contributed by atoms with Gasteiger partial charge >= 0.3 is 0 Å². The highest BCUT2D eigenvalue weighted by molar-refractivity contribution is 5.50. The van der Waals surface area contributed by atoms with Crippen LogP contribution in [-0.4, -0.2) is 29.6 Å². The molecule has 1 aliphatic heterocycles. The highest BCUT2D eigenvalue weighted by atomic mass is 16.6. The molecule has 0 saturated carbocycles. The Bertz CT molecular complexity index is 706. The van der Waals surface area contributed by atoms with E-state index in [0.717, 1.165) is 43.1 Å². The first-order chi connectivity index (χ1) is 11.6. The van der Waals surface area contributed by atoms with E-state index >= 15 is 0 Å². The number of hydrogen-bond donors (Lipinski definition) is 0. The molecule has 6 nitrogen and oxygen atoms in total. The Morgan fingerprint density at radius 3 is 2.88 bits per heavy atom. The van der Waals surface area contributed by atoms with Crippen LogP contribution in [0.25, 0.3) is 0 Å². The summed E-state index contributed by atoms with van der Waals surface area (Å²) in [5.41, 5.74) is 0.881. The van der Waals surface area contributed by atoms with E-state index in [4.69, 9.17) is 4.74 Å². The van der Waals surface area contributed by atoms with Crippen molar-refractivity contribution in [2.45, 2.75) is 19.8 Å². The average molecular weight is 327 g/mol. The van der Waals surface area contributed by atoms with Crippen LogP contribution in [-0.2, 0) is 0 Å². The lowest BCUT2D eigenvalue weighted by Gasteiger charge is -2.34. The van der Waals surface area contributed by atoms with Crippen molar-refractivity contribution in [1.82, 2.24) is 4.98 Å². The van der Waals surface area contributed by atoms with Gasteiger partial charge in [-0.2, -0.15) is 0 Å². The first-order valence-electron chi connectivity index (χ1n) is 8.17. The molecule has 0 amide bonds. The van der Waals surface area contributed by atoms with Gasteiger partial charge in [0, 0.05) is 25.1 Å². The number of aryl methyl sites for hydroxylation is 1. The molecule has 3 rings (SSSR count). The number of pyridine rings is 1. The summed E-state index contributed by atoms with van der Waals surface area (Å²) in [5, 5.41) is 10.8. The lowest BCUT2D eigenvalue weighted by Crippen LogP contribution is -2.38. The van der Waals surface area contributed by atoms with Gasteiger partial charge in [0.05, 0.1) is 11.5 Å². The van der Waals surface area contributed by atoms with Crippen LogP contribution in [0.4, 0.5) is 11.5 Å². The lowest BCUT2D eigenvalue weighted by atomic mass is 9.98. The van der Waals surface area contributed by atoms with E-state index in [1.54, 1.807) is 6.07 Å². The second-order valence-corrected chi connectivity index (χ2v) is 6.17. The van der Waals surface area contributed by atoms with E-state index in [9.17, 15) is 10.1 Å². The van der Waals surface area contributed by atoms with Crippen molar-refractivity contribution in [3.05, 3.63) is 58.3 Å². The van der Waals surface area contributed by atoms with E-state index in [1.807, 2.05) is 37.3 Å². The summed E-state index contributed by atoms with van der Waals surface area (Å²) in [4.78, 5) is 17.0. The van der Waals surface area contributed by atoms with Crippen molar-refractivity contribution >= 4 is 11.5 Å². The molecule has 0 aliphatic carbocycles. The Morgan fingerprint density at radius 1 is 1.38 bits per heavy atom. The predicted octanol–water partition coefficient (Wildman–Crippen LogP) is 3.59. The quantitative estimate of drug-likeness (QED) is 0.620. The van der Waals surface area contributed by atoms with Crippen molar-refractivity contribution in [2.75, 3.05) is 24.6 Å². The number of rotatable bonds is 5. The average Bonchev–Trinajstić information content (AvgIpc) is 2.61. The lowest BCUT2D eigenvalue weighted by molar-refractivity contribution is -0.385. The van der Waals surface area contributed by atoms with Gasteiger partial charge in [0.1, 0.15) is 17.8 Å². The molecule has 1 atom stereocenters. The van der Waals surface area contributed by atoms with E-state index < -0.39 is 4.92 Å². The Kier molecular flexibility index (Phi) is 4.93. The number of ether oxygens (including phenoxy) is 1. The first-order valence-corrected chi connectivity index (χ1v) is 8.17. The van der Waals surface area contributed by atoms with Gasteiger partial charge in [-0.3, -0.25) is 10.1 Å². The zero-order chi connectivity index (χ0) is 16.9. The first kappa shape index (κ1) is 16.2. The molecule has 1 unspecified atom stereocenters. The smallest absolute Gasteiger partial charge is 0.287 e. The third-order valence-electron chi connectivity index (χ3n) is 4.29. The molecule has 24 heavy (non-hydrogen) atoms. The van der Waals surface area contributed by atoms with Gasteiger partial charge in [-0.05, 0) is 37.5 Å². The maximum absolute atomic E-state index is 10.8. The van der Waals surface area contributed by atoms with Gasteiger partial charge in [-0.25, -0.2) is 4.98 Å². The van der Waals surface area contributed by atoms with Gasteiger partial charge in [-0.1, -0.05) is 18.2 Å². The third-order valence-corrected chi connectivity index (χ3v) is 4.29. The van der Waals surface area contributed by atoms with Crippen molar-refractivity contribution in [2.24, 2.45) is 5.92 Å². The van der Waals surface area contributed by atoms with Gasteiger partial charge < -0.3 is 9.64 Å². The highest BCUT2D eigenvalue weighted by Crippen LogP contribution is 2.27. The number of hydrogen-bond acceptors (Lipinski definition) is 5. The molecule has 126 valence electrons. The molecule has 1 aromatic heterocycles. The molecule has 6 heteroatoms. The summed E-state index contributed by atoms with van der Waals surface area (Å²) in [6, 6.07) is 11.4. The fourth-order valence-corrected chi connectivity index (χ4v) is 3.11. The van der Waals surface area contributed by atoms with Gasteiger partial charge in [0.25, 0.3) is 5.69 Å². The molecule has 1 saturated heterocycles. The predicted molar refractivity (Wildman–Crippen MR) is 92.5 cm³/mol. The minimum Gasteiger partial charge on any atom is -0.493 e. The normalized spacial score (nSPS) is 17.5. The van der Waals surface area contributed by atoms with Gasteiger partial charge in [0.15, 0.2) is 0 Å². The van der Waals surface area contributed by atoms with E-state index in [-0.39, 0.29) is 5.69 Å². The molecule has 1 aliphatic rings. The zero-order valence-electron chi connectivity index (χ0n) is 13.7. The van der Waals surface area contributed by atoms with Crippen molar-refractivity contribution in [3.63, 3.8) is 0 Å². The van der Waals surface area contributed by atoms with E-state index in [1.165, 1.54) is 6.20 Å². The summed E-state index contributed by atoms with van der Waals surface area (Å²) in [7, 11) is 0. The van der Waals surface area contributed by atoms with Crippen molar-refractivity contribution in [3.8, 4) is 5.75 Å². The van der Waals surface area contributed by atoms with E-state index in [2.05, 4.69) is 9.88 Å². The molecule has 1 aromatic carbocycles. The monoisotopic (exact) mass is 327 g/mol. The van der Waals surface area contributed by atoms with Crippen molar-refractivity contribution in [1.29, 1.82) is 0 Å². The summed E-state index contributed by atoms with van der Waals surface area (Å²) in [6.45, 7) is 4.33. The Balaban J connectivity index is 1.64. The van der Waals surface area contributed by atoms with Crippen LogP contribution in [0.3, 0.4) is 0 Å². The molecule has 0 bridgehead atoms.